The largest absolute Gasteiger partial charge is 0.301 e. The minimum absolute atomic E-state index is 0.256. The third kappa shape index (κ3) is 2.89. The summed E-state index contributed by atoms with van der Waals surface area (Å²) in [5, 5.41) is 0. The summed E-state index contributed by atoms with van der Waals surface area (Å²) in [5.74, 6) is 0. The molecule has 1 aliphatic heterocycles. The molecule has 0 amide bonds. The number of hydrogen-bond acceptors (Lipinski definition) is 1. The molecule has 2 aromatic rings. The third-order valence-electron chi connectivity index (χ3n) is 4.93. The molecule has 1 unspecified atom stereocenters. The van der Waals surface area contributed by atoms with Gasteiger partial charge in [-0.2, -0.15) is 0 Å². The van der Waals surface area contributed by atoms with Crippen LogP contribution in [0.25, 0.3) is 0 Å². The van der Waals surface area contributed by atoms with Crippen LogP contribution in [-0.2, 0) is 18.4 Å². The summed E-state index contributed by atoms with van der Waals surface area (Å²) >= 11 is 0. The summed E-state index contributed by atoms with van der Waals surface area (Å²) in [7, 11) is 2.24. The molecule has 0 saturated carbocycles. The van der Waals surface area contributed by atoms with E-state index in [0.717, 1.165) is 19.5 Å². The molecule has 0 radical (unpaired) electrons. The van der Waals surface area contributed by atoms with E-state index in [1.807, 2.05) is 0 Å². The monoisotopic (exact) mass is 279 g/mol. The minimum Gasteiger partial charge on any atom is -0.301 e. The van der Waals surface area contributed by atoms with Crippen LogP contribution in [0.1, 0.15) is 35.6 Å². The van der Waals surface area contributed by atoms with Gasteiger partial charge >= 0.3 is 0 Å². The highest BCUT2D eigenvalue weighted by molar-refractivity contribution is 5.37. The van der Waals surface area contributed by atoms with E-state index in [9.17, 15) is 0 Å². The van der Waals surface area contributed by atoms with Crippen molar-refractivity contribution in [3.05, 3.63) is 70.8 Å². The highest BCUT2D eigenvalue weighted by Gasteiger charge is 2.33. The number of aryl methyl sites for hydroxylation is 2. The summed E-state index contributed by atoms with van der Waals surface area (Å²) in [5.41, 5.74) is 6.21. The molecule has 1 nitrogen and oxygen atoms in total. The number of benzene rings is 2. The van der Waals surface area contributed by atoms with Crippen molar-refractivity contribution in [3.8, 4) is 0 Å². The van der Waals surface area contributed by atoms with E-state index in [2.05, 4.69) is 74.3 Å². The van der Waals surface area contributed by atoms with Crippen molar-refractivity contribution in [1.82, 2.24) is 4.90 Å². The lowest BCUT2D eigenvalue weighted by molar-refractivity contribution is 0.214. The first-order valence-corrected chi connectivity index (χ1v) is 7.90. The van der Waals surface area contributed by atoms with Crippen molar-refractivity contribution in [2.75, 3.05) is 13.6 Å². The van der Waals surface area contributed by atoms with Gasteiger partial charge in [0.1, 0.15) is 0 Å². The van der Waals surface area contributed by atoms with E-state index in [1.54, 1.807) is 5.56 Å². The quantitative estimate of drug-likeness (QED) is 0.808. The molecular formula is C20H25N. The van der Waals surface area contributed by atoms with Crippen LogP contribution in [0.15, 0.2) is 48.5 Å². The number of nitrogens with zero attached hydrogens (tertiary/aromatic N) is 1. The lowest BCUT2D eigenvalue weighted by Gasteiger charge is -2.41. The Hall–Kier alpha value is -1.60. The predicted molar refractivity (Wildman–Crippen MR) is 89.6 cm³/mol. The van der Waals surface area contributed by atoms with E-state index in [4.69, 9.17) is 0 Å². The molecule has 0 fully saturated rings. The molecule has 1 heterocycles. The summed E-state index contributed by atoms with van der Waals surface area (Å²) in [4.78, 5) is 2.46. The number of hydrogen-bond donors (Lipinski definition) is 0. The van der Waals surface area contributed by atoms with Crippen molar-refractivity contribution in [3.63, 3.8) is 0 Å². The van der Waals surface area contributed by atoms with E-state index in [1.165, 1.54) is 23.1 Å². The molecule has 1 aliphatic rings. The van der Waals surface area contributed by atoms with Crippen LogP contribution in [0, 0.1) is 6.92 Å². The predicted octanol–water partition coefficient (Wildman–Crippen LogP) is 4.33. The minimum atomic E-state index is 0.256. The Balaban J connectivity index is 1.86. The van der Waals surface area contributed by atoms with Gasteiger partial charge in [0.15, 0.2) is 0 Å². The smallest absolute Gasteiger partial charge is 0.0234 e. The van der Waals surface area contributed by atoms with Gasteiger partial charge in [-0.25, -0.2) is 0 Å². The summed E-state index contributed by atoms with van der Waals surface area (Å²) in [6.07, 6.45) is 2.37. The van der Waals surface area contributed by atoms with Crippen LogP contribution >= 0.6 is 0 Å². The highest BCUT2D eigenvalue weighted by Crippen LogP contribution is 2.36. The molecule has 0 N–H and O–H groups in total. The van der Waals surface area contributed by atoms with Gasteiger partial charge in [-0.1, -0.05) is 55.5 Å². The van der Waals surface area contributed by atoms with Gasteiger partial charge in [0.25, 0.3) is 0 Å². The zero-order valence-electron chi connectivity index (χ0n) is 13.4. The molecule has 0 bridgehead atoms. The van der Waals surface area contributed by atoms with Crippen molar-refractivity contribution < 1.29 is 0 Å². The first kappa shape index (κ1) is 14.3. The lowest BCUT2D eigenvalue weighted by atomic mass is 9.73. The first-order valence-electron chi connectivity index (χ1n) is 7.90. The molecule has 3 rings (SSSR count). The van der Waals surface area contributed by atoms with Crippen LogP contribution < -0.4 is 0 Å². The Kier molecular flexibility index (Phi) is 3.86. The van der Waals surface area contributed by atoms with Crippen molar-refractivity contribution in [2.45, 2.75) is 38.6 Å². The second kappa shape index (κ2) is 5.65. The molecule has 110 valence electrons. The second-order valence-electron chi connectivity index (χ2n) is 6.82. The van der Waals surface area contributed by atoms with E-state index < -0.39 is 0 Å². The van der Waals surface area contributed by atoms with Gasteiger partial charge in [-0.15, -0.1) is 0 Å². The maximum absolute atomic E-state index is 2.46. The van der Waals surface area contributed by atoms with E-state index >= 15 is 0 Å². The fourth-order valence-corrected chi connectivity index (χ4v) is 3.79. The van der Waals surface area contributed by atoms with Crippen LogP contribution in [0.5, 0.6) is 0 Å². The molecular weight excluding hydrogens is 254 g/mol. The van der Waals surface area contributed by atoms with Crippen LogP contribution in [0.3, 0.4) is 0 Å². The molecule has 1 heteroatoms. The standard InChI is InChI=1S/C20H25N/c1-16-8-4-5-9-17(16)12-13-20(2)15-21(3)14-18-10-6-7-11-19(18)20/h4-11H,12-15H2,1-3H3. The van der Waals surface area contributed by atoms with Gasteiger partial charge in [0.05, 0.1) is 0 Å². The Morgan fingerprint density at radius 2 is 1.76 bits per heavy atom. The molecule has 1 atom stereocenters. The number of fused-ring (bicyclic) bond motifs is 1. The Morgan fingerprint density at radius 1 is 1.05 bits per heavy atom. The zero-order chi connectivity index (χ0) is 14.9. The van der Waals surface area contributed by atoms with Crippen LogP contribution in [0.4, 0.5) is 0 Å². The Bertz CT molecular complexity index is 631. The average Bonchev–Trinajstić information content (AvgIpc) is 2.46. The fraction of sp³-hybridized carbons (Fsp3) is 0.400. The van der Waals surface area contributed by atoms with Gasteiger partial charge in [0, 0.05) is 18.5 Å². The van der Waals surface area contributed by atoms with Gasteiger partial charge < -0.3 is 4.90 Å². The normalized spacial score (nSPS) is 22.0. The highest BCUT2D eigenvalue weighted by atomic mass is 15.1. The molecule has 2 aromatic carbocycles. The number of likely N-dealkylation sites (N-methyl/N-ethyl adjacent to an activating group) is 1. The third-order valence-corrected chi connectivity index (χ3v) is 4.93. The van der Waals surface area contributed by atoms with Crippen LogP contribution in [0.2, 0.25) is 0 Å². The van der Waals surface area contributed by atoms with E-state index in [-0.39, 0.29) is 5.41 Å². The fourth-order valence-electron chi connectivity index (χ4n) is 3.79. The first-order chi connectivity index (χ1) is 10.1. The topological polar surface area (TPSA) is 3.24 Å². The second-order valence-corrected chi connectivity index (χ2v) is 6.82. The molecule has 0 aliphatic carbocycles. The van der Waals surface area contributed by atoms with Gasteiger partial charge in [-0.3, -0.25) is 0 Å². The molecule has 0 aromatic heterocycles. The van der Waals surface area contributed by atoms with Gasteiger partial charge in [0.2, 0.25) is 0 Å². The number of rotatable bonds is 3. The summed E-state index contributed by atoms with van der Waals surface area (Å²) in [6, 6.07) is 17.8. The average molecular weight is 279 g/mol. The molecule has 21 heavy (non-hydrogen) atoms. The van der Waals surface area contributed by atoms with Crippen molar-refractivity contribution in [1.29, 1.82) is 0 Å². The Morgan fingerprint density at radius 3 is 2.57 bits per heavy atom. The van der Waals surface area contributed by atoms with Crippen molar-refractivity contribution in [2.24, 2.45) is 0 Å². The molecule has 0 saturated heterocycles. The van der Waals surface area contributed by atoms with Crippen molar-refractivity contribution >= 4 is 0 Å². The zero-order valence-corrected chi connectivity index (χ0v) is 13.4. The molecule has 0 spiro atoms. The van der Waals surface area contributed by atoms with Gasteiger partial charge in [-0.05, 0) is 49.1 Å². The Labute approximate surface area is 128 Å². The van der Waals surface area contributed by atoms with E-state index in [0.29, 0.717) is 0 Å². The maximum atomic E-state index is 2.46. The SMILES string of the molecule is Cc1ccccc1CCC1(C)CN(C)Cc2ccccc21. The lowest BCUT2D eigenvalue weighted by Crippen LogP contribution is -2.42. The summed E-state index contributed by atoms with van der Waals surface area (Å²) < 4.78 is 0. The van der Waals surface area contributed by atoms with Crippen LogP contribution in [-0.4, -0.2) is 18.5 Å². The summed E-state index contributed by atoms with van der Waals surface area (Å²) in [6.45, 7) is 6.88. The maximum Gasteiger partial charge on any atom is 0.0234 e.